The lowest BCUT2D eigenvalue weighted by atomic mass is 10.2. The van der Waals surface area contributed by atoms with E-state index in [0.29, 0.717) is 6.54 Å². The normalized spacial score (nSPS) is 9.80. The third kappa shape index (κ3) is 4.04. The van der Waals surface area contributed by atoms with Gasteiger partial charge in [-0.3, -0.25) is 0 Å². The summed E-state index contributed by atoms with van der Waals surface area (Å²) in [4.78, 5) is 0. The van der Waals surface area contributed by atoms with Crippen LogP contribution < -0.4 is 14.8 Å². The summed E-state index contributed by atoms with van der Waals surface area (Å²) in [5.41, 5.74) is 1.17. The third-order valence-electron chi connectivity index (χ3n) is 2.77. The monoisotopic (exact) mass is 267 g/mol. The van der Waals surface area contributed by atoms with E-state index in [1.807, 2.05) is 48.5 Å². The van der Waals surface area contributed by atoms with E-state index in [0.717, 1.165) is 23.8 Å². The van der Waals surface area contributed by atoms with Crippen LogP contribution in [0.2, 0.25) is 0 Å². The molecule has 0 aliphatic carbocycles. The number of ether oxygens (including phenoxy) is 2. The number of hydrogen-bond donors (Lipinski definition) is 1. The van der Waals surface area contributed by atoms with Crippen LogP contribution in [-0.4, -0.2) is 13.7 Å². The van der Waals surface area contributed by atoms with Crippen molar-refractivity contribution >= 4 is 0 Å². The standard InChI is InChI=1S/C17H17NO2/c1-3-12-18-13-14-4-6-16(7-5-14)20-17-10-8-15(19-2)9-11-17/h1,4-11,18H,12-13H2,2H3. The molecule has 0 unspecified atom stereocenters. The Labute approximate surface area is 119 Å². The number of terminal acetylenes is 1. The minimum Gasteiger partial charge on any atom is -0.497 e. The van der Waals surface area contributed by atoms with Gasteiger partial charge in [0.2, 0.25) is 0 Å². The molecule has 1 N–H and O–H groups in total. The quantitative estimate of drug-likeness (QED) is 0.644. The Morgan fingerprint density at radius 2 is 1.50 bits per heavy atom. The van der Waals surface area contributed by atoms with Crippen molar-refractivity contribution in [3.63, 3.8) is 0 Å². The first-order valence-corrected chi connectivity index (χ1v) is 6.37. The molecule has 0 amide bonds. The second kappa shape index (κ2) is 7.22. The number of methoxy groups -OCH3 is 1. The molecule has 0 heterocycles. The molecule has 2 aromatic carbocycles. The van der Waals surface area contributed by atoms with Crippen LogP contribution in [0.5, 0.6) is 17.2 Å². The zero-order chi connectivity index (χ0) is 14.2. The van der Waals surface area contributed by atoms with Crippen molar-refractivity contribution in [2.24, 2.45) is 0 Å². The van der Waals surface area contributed by atoms with Gasteiger partial charge in [0.1, 0.15) is 17.2 Å². The Bertz CT molecular complexity index is 567. The molecule has 2 rings (SSSR count). The van der Waals surface area contributed by atoms with Crippen LogP contribution >= 0.6 is 0 Å². The Hall–Kier alpha value is -2.44. The van der Waals surface area contributed by atoms with E-state index in [1.54, 1.807) is 7.11 Å². The highest BCUT2D eigenvalue weighted by molar-refractivity contribution is 5.36. The number of benzene rings is 2. The van der Waals surface area contributed by atoms with Crippen LogP contribution in [0.3, 0.4) is 0 Å². The van der Waals surface area contributed by atoms with Gasteiger partial charge in [-0.2, -0.15) is 0 Å². The van der Waals surface area contributed by atoms with Gasteiger partial charge in [0, 0.05) is 6.54 Å². The van der Waals surface area contributed by atoms with Crippen LogP contribution in [0.15, 0.2) is 48.5 Å². The fourth-order valence-electron chi connectivity index (χ4n) is 1.73. The molecule has 20 heavy (non-hydrogen) atoms. The van der Waals surface area contributed by atoms with Crippen molar-refractivity contribution in [1.29, 1.82) is 0 Å². The molecule has 3 nitrogen and oxygen atoms in total. The number of nitrogens with one attached hydrogen (secondary N) is 1. The third-order valence-corrected chi connectivity index (χ3v) is 2.77. The molecule has 0 spiro atoms. The van der Waals surface area contributed by atoms with Crippen molar-refractivity contribution < 1.29 is 9.47 Å². The van der Waals surface area contributed by atoms with E-state index in [-0.39, 0.29) is 0 Å². The summed E-state index contributed by atoms with van der Waals surface area (Å²) in [6.45, 7) is 1.33. The summed E-state index contributed by atoms with van der Waals surface area (Å²) in [6, 6.07) is 15.4. The first-order chi connectivity index (χ1) is 9.81. The van der Waals surface area contributed by atoms with Crippen LogP contribution in [0.1, 0.15) is 5.56 Å². The molecule has 3 heteroatoms. The largest absolute Gasteiger partial charge is 0.497 e. The van der Waals surface area contributed by atoms with Crippen molar-refractivity contribution in [1.82, 2.24) is 5.32 Å². The van der Waals surface area contributed by atoms with E-state index in [4.69, 9.17) is 15.9 Å². The van der Waals surface area contributed by atoms with E-state index in [1.165, 1.54) is 5.56 Å². The van der Waals surface area contributed by atoms with E-state index >= 15 is 0 Å². The van der Waals surface area contributed by atoms with Gasteiger partial charge in [-0.1, -0.05) is 18.1 Å². The van der Waals surface area contributed by atoms with Gasteiger partial charge in [-0.25, -0.2) is 0 Å². The predicted molar refractivity (Wildman–Crippen MR) is 80.0 cm³/mol. The van der Waals surface area contributed by atoms with Gasteiger partial charge in [-0.15, -0.1) is 6.42 Å². The fraction of sp³-hybridized carbons (Fsp3) is 0.176. The molecular formula is C17H17NO2. The minimum absolute atomic E-state index is 0.574. The lowest BCUT2D eigenvalue weighted by molar-refractivity contribution is 0.413. The minimum atomic E-state index is 0.574. The number of rotatable bonds is 6. The van der Waals surface area contributed by atoms with Crippen molar-refractivity contribution in [2.45, 2.75) is 6.54 Å². The molecule has 0 fully saturated rings. The smallest absolute Gasteiger partial charge is 0.127 e. The molecular weight excluding hydrogens is 250 g/mol. The summed E-state index contributed by atoms with van der Waals surface area (Å²) >= 11 is 0. The van der Waals surface area contributed by atoms with Crippen LogP contribution in [-0.2, 0) is 6.54 Å². The first-order valence-electron chi connectivity index (χ1n) is 6.37. The molecule has 102 valence electrons. The van der Waals surface area contributed by atoms with Gasteiger partial charge in [-0.05, 0) is 42.0 Å². The average Bonchev–Trinajstić information content (AvgIpc) is 2.50. The summed E-state index contributed by atoms with van der Waals surface area (Å²) < 4.78 is 10.9. The lowest BCUT2D eigenvalue weighted by Crippen LogP contribution is -2.12. The van der Waals surface area contributed by atoms with Crippen molar-refractivity contribution in [3.8, 4) is 29.6 Å². The highest BCUT2D eigenvalue weighted by Gasteiger charge is 1.99. The van der Waals surface area contributed by atoms with E-state index in [9.17, 15) is 0 Å². The van der Waals surface area contributed by atoms with E-state index < -0.39 is 0 Å². The van der Waals surface area contributed by atoms with Crippen molar-refractivity contribution in [2.75, 3.05) is 13.7 Å². The lowest BCUT2D eigenvalue weighted by Gasteiger charge is -2.08. The highest BCUT2D eigenvalue weighted by Crippen LogP contribution is 2.23. The molecule has 0 bridgehead atoms. The molecule has 0 aromatic heterocycles. The van der Waals surface area contributed by atoms with Crippen molar-refractivity contribution in [3.05, 3.63) is 54.1 Å². The summed E-state index contributed by atoms with van der Waals surface area (Å²) in [7, 11) is 1.64. The Kier molecular flexibility index (Phi) is 5.05. The van der Waals surface area contributed by atoms with E-state index in [2.05, 4.69) is 11.2 Å². The first kappa shape index (κ1) is 14.0. The molecule has 0 aliphatic heterocycles. The van der Waals surface area contributed by atoms with Crippen LogP contribution in [0.25, 0.3) is 0 Å². The van der Waals surface area contributed by atoms with Gasteiger partial charge >= 0.3 is 0 Å². The SMILES string of the molecule is C#CCNCc1ccc(Oc2ccc(OC)cc2)cc1. The second-order valence-electron chi connectivity index (χ2n) is 4.23. The summed E-state index contributed by atoms with van der Waals surface area (Å²) in [5, 5.41) is 3.14. The average molecular weight is 267 g/mol. The van der Waals surface area contributed by atoms with Gasteiger partial charge in [0.05, 0.1) is 13.7 Å². The zero-order valence-electron chi connectivity index (χ0n) is 11.4. The molecule has 0 saturated heterocycles. The van der Waals surface area contributed by atoms with Gasteiger partial charge in [0.25, 0.3) is 0 Å². The number of hydrogen-bond acceptors (Lipinski definition) is 3. The van der Waals surface area contributed by atoms with Gasteiger partial charge in [0.15, 0.2) is 0 Å². The van der Waals surface area contributed by atoms with Gasteiger partial charge < -0.3 is 14.8 Å². The predicted octanol–water partition coefficient (Wildman–Crippen LogP) is 3.21. The maximum absolute atomic E-state index is 5.75. The Morgan fingerprint density at radius 1 is 0.950 bits per heavy atom. The molecule has 0 aliphatic rings. The zero-order valence-corrected chi connectivity index (χ0v) is 11.4. The fourth-order valence-corrected chi connectivity index (χ4v) is 1.73. The molecule has 0 atom stereocenters. The Balaban J connectivity index is 1.94. The second-order valence-corrected chi connectivity index (χ2v) is 4.23. The van der Waals surface area contributed by atoms with Crippen LogP contribution in [0.4, 0.5) is 0 Å². The maximum Gasteiger partial charge on any atom is 0.127 e. The highest BCUT2D eigenvalue weighted by atomic mass is 16.5. The van der Waals surface area contributed by atoms with Crippen LogP contribution in [0, 0.1) is 12.3 Å². The molecule has 0 radical (unpaired) electrons. The topological polar surface area (TPSA) is 30.5 Å². The molecule has 2 aromatic rings. The Morgan fingerprint density at radius 3 is 2.05 bits per heavy atom. The maximum atomic E-state index is 5.75. The molecule has 0 saturated carbocycles. The summed E-state index contributed by atoms with van der Waals surface area (Å²) in [6.07, 6.45) is 5.18. The summed E-state index contributed by atoms with van der Waals surface area (Å²) in [5.74, 6) is 4.94.